The molecule has 4 rings (SSSR count). The molecule has 0 radical (unpaired) electrons. The van der Waals surface area contributed by atoms with E-state index in [1.807, 2.05) is 0 Å². The van der Waals surface area contributed by atoms with Gasteiger partial charge in [-0.15, -0.1) is 0 Å². The molecule has 0 unspecified atom stereocenters. The number of ether oxygens (including phenoxy) is 1. The van der Waals surface area contributed by atoms with E-state index in [1.54, 1.807) is 42.5 Å². The number of aromatic nitrogens is 1. The fraction of sp³-hybridized carbons (Fsp3) is 0.238. The minimum Gasteiger partial charge on any atom is -0.497 e. The van der Waals surface area contributed by atoms with E-state index < -0.39 is 18.0 Å². The molecule has 9 heteroatoms. The number of fused-ring (bicyclic) bond motifs is 3. The van der Waals surface area contributed by atoms with Crippen molar-refractivity contribution in [2.75, 3.05) is 13.7 Å². The number of alkyl halides is 3. The average molecular weight is 437 g/mol. The van der Waals surface area contributed by atoms with Gasteiger partial charge in [-0.3, -0.25) is 14.2 Å². The molecule has 0 saturated carbocycles. The quantitative estimate of drug-likeness (QED) is 0.597. The largest absolute Gasteiger partial charge is 0.497 e. The number of rotatable bonds is 2. The van der Waals surface area contributed by atoms with Crippen LogP contribution in [0.2, 0.25) is 5.02 Å². The second-order valence-corrected chi connectivity index (χ2v) is 7.37. The minimum absolute atomic E-state index is 0.0896. The SMILES string of the molecule is COc1ccc(C(=O)n2c3c(c4cc(Cl)ccc42)CCN(C(=O)C(F)(F)F)C3)cc1. The second kappa shape index (κ2) is 7.36. The number of hydrogen-bond acceptors (Lipinski definition) is 3. The third kappa shape index (κ3) is 3.41. The van der Waals surface area contributed by atoms with Crippen LogP contribution in [0.1, 0.15) is 21.6 Å². The summed E-state index contributed by atoms with van der Waals surface area (Å²) in [7, 11) is 1.50. The Balaban J connectivity index is 1.85. The first-order chi connectivity index (χ1) is 14.2. The number of amides is 1. The van der Waals surface area contributed by atoms with E-state index in [4.69, 9.17) is 16.3 Å². The van der Waals surface area contributed by atoms with Crippen LogP contribution in [0.3, 0.4) is 0 Å². The van der Waals surface area contributed by atoms with Gasteiger partial charge in [0.25, 0.3) is 5.91 Å². The number of nitrogens with zero attached hydrogens (tertiary/aromatic N) is 2. The summed E-state index contributed by atoms with van der Waals surface area (Å²) >= 11 is 6.12. The Labute approximate surface area is 174 Å². The first-order valence-corrected chi connectivity index (χ1v) is 9.45. The van der Waals surface area contributed by atoms with Crippen molar-refractivity contribution in [3.8, 4) is 5.75 Å². The fourth-order valence-corrected chi connectivity index (χ4v) is 3.95. The first-order valence-electron chi connectivity index (χ1n) is 9.07. The smallest absolute Gasteiger partial charge is 0.471 e. The van der Waals surface area contributed by atoms with Gasteiger partial charge in [0, 0.05) is 28.2 Å². The molecule has 156 valence electrons. The van der Waals surface area contributed by atoms with Gasteiger partial charge in [0.1, 0.15) is 5.75 Å². The summed E-state index contributed by atoms with van der Waals surface area (Å²) in [6.07, 6.45) is -4.78. The monoisotopic (exact) mass is 436 g/mol. The maximum Gasteiger partial charge on any atom is 0.471 e. The lowest BCUT2D eigenvalue weighted by Gasteiger charge is -2.28. The van der Waals surface area contributed by atoms with Crippen LogP contribution < -0.4 is 4.74 Å². The van der Waals surface area contributed by atoms with Gasteiger partial charge < -0.3 is 9.64 Å². The number of carbonyl (C=O) groups is 2. The summed E-state index contributed by atoms with van der Waals surface area (Å²) in [4.78, 5) is 25.8. The van der Waals surface area contributed by atoms with Gasteiger partial charge in [-0.05, 0) is 54.4 Å². The van der Waals surface area contributed by atoms with Crippen molar-refractivity contribution in [2.24, 2.45) is 0 Å². The molecule has 30 heavy (non-hydrogen) atoms. The third-order valence-electron chi connectivity index (χ3n) is 5.19. The Morgan fingerprint density at radius 3 is 2.43 bits per heavy atom. The van der Waals surface area contributed by atoms with E-state index in [9.17, 15) is 22.8 Å². The molecule has 0 spiro atoms. The normalized spacial score (nSPS) is 14.0. The second-order valence-electron chi connectivity index (χ2n) is 6.93. The molecule has 1 aliphatic rings. The summed E-state index contributed by atoms with van der Waals surface area (Å²) < 4.78 is 45.4. The molecule has 0 atom stereocenters. The van der Waals surface area contributed by atoms with Crippen LogP contribution in [0.15, 0.2) is 42.5 Å². The predicted octanol–water partition coefficient (Wildman–Crippen LogP) is 4.44. The van der Waals surface area contributed by atoms with Gasteiger partial charge in [-0.1, -0.05) is 11.6 Å². The zero-order valence-corrected chi connectivity index (χ0v) is 16.5. The van der Waals surface area contributed by atoms with Crippen molar-refractivity contribution >= 4 is 34.3 Å². The number of hydrogen-bond donors (Lipinski definition) is 0. The lowest BCUT2D eigenvalue weighted by molar-refractivity contribution is -0.186. The van der Waals surface area contributed by atoms with Crippen LogP contribution in [-0.2, 0) is 17.8 Å². The molecule has 5 nitrogen and oxygen atoms in total. The molecule has 1 aliphatic heterocycles. The zero-order chi connectivity index (χ0) is 21.6. The van der Waals surface area contributed by atoms with E-state index in [0.29, 0.717) is 32.9 Å². The summed E-state index contributed by atoms with van der Waals surface area (Å²) in [5, 5.41) is 1.15. The van der Waals surface area contributed by atoms with E-state index in [2.05, 4.69) is 0 Å². The van der Waals surface area contributed by atoms with Gasteiger partial charge in [0.2, 0.25) is 0 Å². The van der Waals surface area contributed by atoms with Crippen molar-refractivity contribution in [1.82, 2.24) is 9.47 Å². The topological polar surface area (TPSA) is 51.5 Å². The molecule has 0 saturated heterocycles. The van der Waals surface area contributed by atoms with Crippen LogP contribution in [0.25, 0.3) is 10.9 Å². The highest BCUT2D eigenvalue weighted by molar-refractivity contribution is 6.31. The van der Waals surface area contributed by atoms with Gasteiger partial charge in [-0.25, -0.2) is 0 Å². The van der Waals surface area contributed by atoms with Gasteiger partial charge in [0.15, 0.2) is 0 Å². The fourth-order valence-electron chi connectivity index (χ4n) is 3.78. The molecular formula is C21H16ClF3N2O3. The van der Waals surface area contributed by atoms with E-state index in [0.717, 1.165) is 10.5 Å². The number of carbonyl (C=O) groups excluding carboxylic acids is 2. The molecule has 1 aromatic heterocycles. The summed E-state index contributed by atoms with van der Waals surface area (Å²) in [5.74, 6) is -1.76. The maximum atomic E-state index is 13.3. The van der Waals surface area contributed by atoms with Crippen molar-refractivity contribution in [2.45, 2.75) is 19.1 Å². The Morgan fingerprint density at radius 1 is 1.10 bits per heavy atom. The highest BCUT2D eigenvalue weighted by atomic mass is 35.5. The Hall–Kier alpha value is -3.00. The van der Waals surface area contributed by atoms with Crippen LogP contribution >= 0.6 is 11.6 Å². The molecule has 3 aromatic rings. The molecule has 0 bridgehead atoms. The molecule has 0 aliphatic carbocycles. The Morgan fingerprint density at radius 2 is 1.80 bits per heavy atom. The van der Waals surface area contributed by atoms with E-state index >= 15 is 0 Å². The van der Waals surface area contributed by atoms with E-state index in [1.165, 1.54) is 11.7 Å². The number of methoxy groups -OCH3 is 1. The van der Waals surface area contributed by atoms with Gasteiger partial charge in [0.05, 0.1) is 19.2 Å². The summed E-state index contributed by atoms with van der Waals surface area (Å²) in [5.41, 5.74) is 1.95. The lowest BCUT2D eigenvalue weighted by atomic mass is 10.0. The Kier molecular flexibility index (Phi) is 4.97. The van der Waals surface area contributed by atoms with E-state index in [-0.39, 0.29) is 19.5 Å². The van der Waals surface area contributed by atoms with Crippen molar-refractivity contribution in [3.05, 3.63) is 64.3 Å². The highest BCUT2D eigenvalue weighted by Crippen LogP contribution is 2.34. The van der Waals surface area contributed by atoms with Gasteiger partial charge in [-0.2, -0.15) is 13.2 Å². The number of halogens is 4. The average Bonchev–Trinajstić information content (AvgIpc) is 3.04. The summed E-state index contributed by atoms with van der Waals surface area (Å²) in [6, 6.07) is 11.4. The number of benzene rings is 2. The van der Waals surface area contributed by atoms with Crippen molar-refractivity contribution in [1.29, 1.82) is 0 Å². The van der Waals surface area contributed by atoms with Gasteiger partial charge >= 0.3 is 12.1 Å². The zero-order valence-electron chi connectivity index (χ0n) is 15.8. The molecule has 0 N–H and O–H groups in total. The minimum atomic E-state index is -4.97. The third-order valence-corrected chi connectivity index (χ3v) is 5.42. The molecule has 2 heterocycles. The molecule has 2 aromatic carbocycles. The lowest BCUT2D eigenvalue weighted by Crippen LogP contribution is -2.44. The van der Waals surface area contributed by atoms with Crippen molar-refractivity contribution < 1.29 is 27.5 Å². The Bertz CT molecular complexity index is 1150. The molecular weight excluding hydrogens is 421 g/mol. The maximum absolute atomic E-state index is 13.3. The molecule has 1 amide bonds. The predicted molar refractivity (Wildman–Crippen MR) is 105 cm³/mol. The first kappa shape index (κ1) is 20.3. The highest BCUT2D eigenvalue weighted by Gasteiger charge is 2.44. The van der Waals surface area contributed by atoms with Crippen molar-refractivity contribution in [3.63, 3.8) is 0 Å². The summed E-state index contributed by atoms with van der Waals surface area (Å²) in [6.45, 7) is -0.407. The van der Waals surface area contributed by atoms with Crippen LogP contribution in [0.5, 0.6) is 5.75 Å². The van der Waals surface area contributed by atoms with Crippen LogP contribution in [0, 0.1) is 0 Å². The van der Waals surface area contributed by atoms with Crippen LogP contribution in [0.4, 0.5) is 13.2 Å². The molecule has 0 fully saturated rings. The standard InChI is InChI=1S/C21H16ClF3N2O3/c1-30-14-5-2-12(3-6-14)19(28)27-17-7-4-13(22)10-16(17)15-8-9-26(11-18(15)27)20(29)21(23,24)25/h2-7,10H,8-9,11H2,1H3. The van der Waals surface area contributed by atoms with Crippen LogP contribution in [-0.4, -0.2) is 41.1 Å².